The van der Waals surface area contributed by atoms with Crippen molar-refractivity contribution in [2.75, 3.05) is 5.90 Å². The van der Waals surface area contributed by atoms with Crippen LogP contribution in [0.1, 0.15) is 128 Å². The SMILES string of the molecule is CC(C)(C)P(C[PH+](C(C)(C)C)C(C)(C)C)C(C)(C)C.FC(F)(F)c1cc([B-](c2cc(C(F)(F)F)cc(C(F)(F)F)c2)(c2cc(C(F)(F)F)cc(C(F)(F)F)c2)c2cc(C(F)(F)F)cc(C(F)(F)F)c2)cc(C(F)(F)F)c1. The second kappa shape index (κ2) is 21.0. The Morgan fingerprint density at radius 2 is 0.421 bits per heavy atom. The highest BCUT2D eigenvalue weighted by molar-refractivity contribution is 7.77. The number of alkyl halides is 24. The molecule has 0 spiro atoms. The van der Waals surface area contributed by atoms with Crippen LogP contribution in [-0.4, -0.2) is 32.7 Å². The van der Waals surface area contributed by atoms with Gasteiger partial charge in [-0.2, -0.15) is 127 Å². The molecule has 0 aliphatic carbocycles. The Hall–Kier alpha value is -3.88. The molecule has 0 radical (unpaired) electrons. The summed E-state index contributed by atoms with van der Waals surface area (Å²) in [6.45, 7) is 29.5. The normalized spacial score (nSPS) is 14.6. The standard InChI is InChI=1S/C32H12BF24.C17H38P2/c34-25(35,36)13-1-14(26(37,38)39)6-21(5-13)33(22-7-15(27(40,41)42)2-16(8-22)28(43,44)45,23-9-17(29(46,47)48)3-18(10-23)30(49,50)51)24-11-19(31(52,53)54)4-20(12-24)32(55,56)57;1-14(2,3)18(15(4,5)6)13-19(16(7,8)9)17(10,11)12/h1-12H;13H2,1-12H3/q-1;/p+1. The van der Waals surface area contributed by atoms with Gasteiger partial charge in [-0.1, -0.05) is 98.0 Å². The summed E-state index contributed by atoms with van der Waals surface area (Å²) in [7, 11) is -0.376. The van der Waals surface area contributed by atoms with Crippen molar-refractivity contribution in [2.24, 2.45) is 0 Å². The Morgan fingerprint density at radius 3 is 0.526 bits per heavy atom. The third-order valence-corrected chi connectivity index (χ3v) is 21.6. The molecule has 4 rings (SSSR count). The number of rotatable bonds is 6. The van der Waals surface area contributed by atoms with Crippen LogP contribution in [0.5, 0.6) is 0 Å². The van der Waals surface area contributed by atoms with Gasteiger partial charge in [0.25, 0.3) is 0 Å². The van der Waals surface area contributed by atoms with E-state index in [1.165, 1.54) is 5.90 Å². The van der Waals surface area contributed by atoms with E-state index in [1.54, 1.807) is 0 Å². The van der Waals surface area contributed by atoms with Gasteiger partial charge < -0.3 is 0 Å². The van der Waals surface area contributed by atoms with E-state index in [-0.39, 0.29) is 7.92 Å². The van der Waals surface area contributed by atoms with Gasteiger partial charge in [0.2, 0.25) is 0 Å². The maximum Gasteiger partial charge on any atom is 0.416 e. The van der Waals surface area contributed by atoms with E-state index in [2.05, 4.69) is 83.1 Å². The van der Waals surface area contributed by atoms with Gasteiger partial charge in [-0.15, -0.1) is 0 Å². The van der Waals surface area contributed by atoms with Crippen molar-refractivity contribution >= 4 is 43.8 Å². The highest BCUT2D eigenvalue weighted by Gasteiger charge is 2.50. The number of benzene rings is 4. The van der Waals surface area contributed by atoms with Gasteiger partial charge >= 0.3 is 49.4 Å². The van der Waals surface area contributed by atoms with Crippen LogP contribution in [0.15, 0.2) is 72.8 Å². The van der Waals surface area contributed by atoms with Crippen LogP contribution in [0.4, 0.5) is 105 Å². The minimum atomic E-state index is -6.13. The average molecular weight is 1170 g/mol. The molecule has 0 aromatic heterocycles. The Morgan fingerprint density at radius 1 is 0.276 bits per heavy atom. The number of hydrogen-bond donors (Lipinski definition) is 0. The molecule has 4 aromatic carbocycles. The van der Waals surface area contributed by atoms with Crippen molar-refractivity contribution in [2.45, 2.75) is 153 Å². The lowest BCUT2D eigenvalue weighted by Crippen LogP contribution is -2.75. The minimum absolute atomic E-state index is 0.0346. The monoisotopic (exact) mass is 1170 g/mol. The fourth-order valence-electron chi connectivity index (χ4n) is 9.31. The molecule has 0 nitrogen and oxygen atoms in total. The van der Waals surface area contributed by atoms with Gasteiger partial charge in [0.05, 0.1) is 60.7 Å². The zero-order valence-corrected chi connectivity index (χ0v) is 44.1. The average Bonchev–Trinajstić information content (AvgIpc) is 3.16. The van der Waals surface area contributed by atoms with Crippen molar-refractivity contribution in [3.8, 4) is 0 Å². The molecule has 428 valence electrons. The summed E-state index contributed by atoms with van der Waals surface area (Å²) in [5.74, 6) is 1.49. The van der Waals surface area contributed by atoms with Gasteiger partial charge in [0.15, 0.2) is 0 Å². The van der Waals surface area contributed by atoms with E-state index in [0.717, 1.165) is 0 Å². The topological polar surface area (TPSA) is 0 Å². The first-order chi connectivity index (χ1) is 33.2. The summed E-state index contributed by atoms with van der Waals surface area (Å²) in [6.07, 6.45) is -54.8. The molecule has 0 aliphatic rings. The first-order valence-corrected chi connectivity index (χ1v) is 25.5. The maximum atomic E-state index is 14.2. The summed E-state index contributed by atoms with van der Waals surface area (Å²) in [4.78, 5) is 0. The molecule has 0 aliphatic heterocycles. The molecule has 0 bridgehead atoms. The molecule has 0 unspecified atom stereocenters. The lowest BCUT2D eigenvalue weighted by molar-refractivity contribution is -0.144. The molecule has 76 heavy (non-hydrogen) atoms. The Balaban J connectivity index is 0.000000677. The fraction of sp³-hybridized carbons (Fsp3) is 0.510. The van der Waals surface area contributed by atoms with Crippen LogP contribution in [0, 0.1) is 0 Å². The summed E-state index contributed by atoms with van der Waals surface area (Å²) >= 11 is 0. The van der Waals surface area contributed by atoms with Gasteiger partial charge in [-0.05, 0) is 76.1 Å². The van der Waals surface area contributed by atoms with E-state index in [0.29, 0.717) is 20.6 Å². The predicted molar refractivity (Wildman–Crippen MR) is 249 cm³/mol. The third-order valence-electron chi connectivity index (χ3n) is 12.2. The number of hydrogen-bond acceptors (Lipinski definition) is 0. The quantitative estimate of drug-likeness (QED) is 0.103. The van der Waals surface area contributed by atoms with Gasteiger partial charge in [0, 0.05) is 7.92 Å². The highest BCUT2D eigenvalue weighted by atomic mass is 31.2. The molecular weight excluding hydrogens is 1120 g/mol. The third kappa shape index (κ3) is 16.1. The zero-order chi connectivity index (χ0) is 59.8. The first-order valence-electron chi connectivity index (χ1n) is 22.2. The van der Waals surface area contributed by atoms with Crippen molar-refractivity contribution in [1.29, 1.82) is 0 Å². The molecule has 27 heteroatoms. The summed E-state index contributed by atoms with van der Waals surface area (Å²) < 4.78 is 341. The molecule has 0 heterocycles. The lowest BCUT2D eigenvalue weighted by Gasteiger charge is -2.46. The Labute approximate surface area is 424 Å². The molecule has 0 saturated heterocycles. The maximum absolute atomic E-state index is 14.2. The zero-order valence-electron chi connectivity index (χ0n) is 42.2. The van der Waals surface area contributed by atoms with E-state index in [1.807, 2.05) is 0 Å². The largest absolute Gasteiger partial charge is 0.416 e. The van der Waals surface area contributed by atoms with Gasteiger partial charge in [0.1, 0.15) is 6.15 Å². The van der Waals surface area contributed by atoms with E-state index in [4.69, 9.17) is 0 Å². The van der Waals surface area contributed by atoms with E-state index in [9.17, 15) is 105 Å². The van der Waals surface area contributed by atoms with Crippen LogP contribution < -0.4 is 21.9 Å². The predicted octanol–water partition coefficient (Wildman–Crippen LogP) is 18.0. The van der Waals surface area contributed by atoms with Crippen LogP contribution in [0.2, 0.25) is 0 Å². The molecule has 0 N–H and O–H groups in total. The molecule has 0 amide bonds. The van der Waals surface area contributed by atoms with Crippen molar-refractivity contribution in [1.82, 2.24) is 0 Å². The number of halogens is 24. The lowest BCUT2D eigenvalue weighted by atomic mass is 9.12. The fourth-order valence-corrected chi connectivity index (χ4v) is 22.4. The Bertz CT molecular complexity index is 2170. The first kappa shape index (κ1) is 66.4. The van der Waals surface area contributed by atoms with Crippen molar-refractivity contribution in [3.05, 3.63) is 117 Å². The molecule has 0 atom stereocenters. The van der Waals surface area contributed by atoms with E-state index >= 15 is 0 Å². The molecule has 4 aromatic rings. The van der Waals surface area contributed by atoms with Crippen LogP contribution in [0.3, 0.4) is 0 Å². The van der Waals surface area contributed by atoms with Gasteiger partial charge in [-0.25, -0.2) is 0 Å². The second-order valence-electron chi connectivity index (χ2n) is 22.1. The Kier molecular flexibility index (Phi) is 18.3. The minimum Gasteiger partial charge on any atom is -0.194 e. The molecule has 0 saturated carbocycles. The van der Waals surface area contributed by atoms with Crippen molar-refractivity contribution < 1.29 is 105 Å². The smallest absolute Gasteiger partial charge is 0.194 e. The summed E-state index contributed by atoms with van der Waals surface area (Å²) in [5, 5.41) is 1.89. The van der Waals surface area contributed by atoms with Crippen molar-refractivity contribution in [3.63, 3.8) is 0 Å². The second-order valence-corrected chi connectivity index (χ2v) is 30.9. The van der Waals surface area contributed by atoms with Crippen LogP contribution >= 0.6 is 15.8 Å². The summed E-state index contributed by atoms with van der Waals surface area (Å²) in [5.41, 5.74) is -30.2. The van der Waals surface area contributed by atoms with Gasteiger partial charge in [-0.3, -0.25) is 0 Å². The van der Waals surface area contributed by atoms with E-state index < -0.39 is 203 Å². The van der Waals surface area contributed by atoms with Crippen LogP contribution in [0.25, 0.3) is 0 Å². The van der Waals surface area contributed by atoms with Crippen LogP contribution in [-0.2, 0) is 49.4 Å². The highest BCUT2D eigenvalue weighted by Crippen LogP contribution is 2.71. The molecular formula is C49H51BF24P2. The summed E-state index contributed by atoms with van der Waals surface area (Å²) in [6, 6.07) is -8.81. The molecule has 0 fully saturated rings.